The van der Waals surface area contributed by atoms with Crippen molar-refractivity contribution in [3.63, 3.8) is 0 Å². The van der Waals surface area contributed by atoms with E-state index in [0.29, 0.717) is 12.1 Å². The van der Waals surface area contributed by atoms with Crippen LogP contribution in [0.4, 0.5) is 0 Å². The summed E-state index contributed by atoms with van der Waals surface area (Å²) in [4.78, 5) is 19.0. The zero-order valence-electron chi connectivity index (χ0n) is 16.1. The third-order valence-corrected chi connectivity index (χ3v) is 5.11. The van der Waals surface area contributed by atoms with Crippen molar-refractivity contribution >= 4 is 5.91 Å². The number of rotatable bonds is 7. The summed E-state index contributed by atoms with van der Waals surface area (Å²) in [6.07, 6.45) is 4.92. The fraction of sp³-hybridized carbons (Fsp3) is 0.550. The van der Waals surface area contributed by atoms with Gasteiger partial charge in [-0.1, -0.05) is 18.6 Å². The van der Waals surface area contributed by atoms with Gasteiger partial charge in [-0.15, -0.1) is 0 Å². The number of piperidine rings is 1. The van der Waals surface area contributed by atoms with Crippen LogP contribution >= 0.6 is 0 Å². The van der Waals surface area contributed by atoms with Crippen molar-refractivity contribution in [3.8, 4) is 11.4 Å². The first-order chi connectivity index (χ1) is 13.1. The third-order valence-electron chi connectivity index (χ3n) is 5.11. The fourth-order valence-electron chi connectivity index (χ4n) is 3.58. The summed E-state index contributed by atoms with van der Waals surface area (Å²) >= 11 is 0. The average Bonchev–Trinajstić information content (AvgIpc) is 3.18. The Morgan fingerprint density at radius 3 is 2.78 bits per heavy atom. The van der Waals surface area contributed by atoms with Gasteiger partial charge in [0, 0.05) is 36.3 Å². The van der Waals surface area contributed by atoms with Gasteiger partial charge in [0.25, 0.3) is 5.91 Å². The molecule has 3 rings (SSSR count). The topological polar surface area (TPSA) is 83.3 Å². The summed E-state index contributed by atoms with van der Waals surface area (Å²) in [6.45, 7) is 6.65. The van der Waals surface area contributed by atoms with Crippen LogP contribution in [-0.2, 0) is 0 Å². The van der Waals surface area contributed by atoms with Crippen molar-refractivity contribution < 1.29 is 9.90 Å². The summed E-state index contributed by atoms with van der Waals surface area (Å²) in [7, 11) is 0. The van der Waals surface area contributed by atoms with E-state index in [2.05, 4.69) is 34.1 Å². The molecule has 0 unspecified atom stereocenters. The van der Waals surface area contributed by atoms with Gasteiger partial charge in [0.15, 0.2) is 5.82 Å². The molecule has 0 radical (unpaired) electrons. The first-order valence-corrected chi connectivity index (χ1v) is 9.73. The summed E-state index contributed by atoms with van der Waals surface area (Å²) in [5.41, 5.74) is 1.57. The number of aromatic nitrogens is 3. The Morgan fingerprint density at radius 1 is 1.30 bits per heavy atom. The van der Waals surface area contributed by atoms with Crippen molar-refractivity contribution in [2.45, 2.75) is 45.2 Å². The van der Waals surface area contributed by atoms with Crippen molar-refractivity contribution in [2.24, 2.45) is 0 Å². The molecule has 1 aromatic carbocycles. The van der Waals surface area contributed by atoms with E-state index in [1.807, 2.05) is 28.9 Å². The van der Waals surface area contributed by atoms with Crippen molar-refractivity contribution in [3.05, 3.63) is 36.2 Å². The zero-order chi connectivity index (χ0) is 19.2. The smallest absolute Gasteiger partial charge is 0.251 e. The number of nitrogens with one attached hydrogen (secondary N) is 1. The minimum atomic E-state index is -0.0792. The molecule has 0 saturated carbocycles. The molecule has 2 N–H and O–H groups in total. The fourth-order valence-corrected chi connectivity index (χ4v) is 3.58. The molecule has 7 nitrogen and oxygen atoms in total. The monoisotopic (exact) mass is 371 g/mol. The van der Waals surface area contributed by atoms with Gasteiger partial charge in [-0.2, -0.15) is 5.10 Å². The van der Waals surface area contributed by atoms with Gasteiger partial charge < -0.3 is 10.4 Å². The summed E-state index contributed by atoms with van der Waals surface area (Å²) in [5.74, 6) is 0.724. The molecule has 1 fully saturated rings. The van der Waals surface area contributed by atoms with Gasteiger partial charge in [0.1, 0.15) is 6.33 Å². The molecule has 1 aliphatic heterocycles. The first-order valence-electron chi connectivity index (χ1n) is 9.73. The maximum atomic E-state index is 12.4. The summed E-state index contributed by atoms with van der Waals surface area (Å²) < 4.78 is 1.87. The van der Waals surface area contributed by atoms with E-state index in [1.165, 1.54) is 6.42 Å². The maximum Gasteiger partial charge on any atom is 0.251 e. The SMILES string of the molecule is CC(C)n1ncnc1-c1ccc(C(=O)NCCN2CCCC[C@H]2CO)cc1. The second-order valence-electron chi connectivity index (χ2n) is 7.32. The van der Waals surface area contributed by atoms with Crippen LogP contribution in [-0.4, -0.2) is 63.0 Å². The minimum Gasteiger partial charge on any atom is -0.395 e. The van der Waals surface area contributed by atoms with Gasteiger partial charge in [-0.25, -0.2) is 9.67 Å². The van der Waals surface area contributed by atoms with Gasteiger partial charge in [-0.05, 0) is 45.4 Å². The van der Waals surface area contributed by atoms with Crippen molar-refractivity contribution in [1.29, 1.82) is 0 Å². The van der Waals surface area contributed by atoms with E-state index in [4.69, 9.17) is 0 Å². The van der Waals surface area contributed by atoms with Gasteiger partial charge in [0.2, 0.25) is 0 Å². The molecular formula is C20H29N5O2. The Balaban J connectivity index is 1.55. The Kier molecular flexibility index (Phi) is 6.58. The molecule has 2 heterocycles. The minimum absolute atomic E-state index is 0.0792. The standard InChI is InChI=1S/C20H29N5O2/c1-15(2)25-19(22-14-23-25)16-6-8-17(9-7-16)20(27)21-10-12-24-11-4-3-5-18(24)13-26/h6-9,14-15,18,26H,3-5,10-13H2,1-2H3,(H,21,27)/t18-/m0/s1. The number of aliphatic hydroxyl groups is 1. The molecule has 1 atom stereocenters. The average molecular weight is 371 g/mol. The number of hydrogen-bond donors (Lipinski definition) is 2. The number of amides is 1. The Labute approximate surface area is 160 Å². The van der Waals surface area contributed by atoms with Crippen LogP contribution in [0.1, 0.15) is 49.5 Å². The summed E-state index contributed by atoms with van der Waals surface area (Å²) in [5, 5.41) is 16.7. The number of aliphatic hydroxyl groups excluding tert-OH is 1. The van der Waals surface area contributed by atoms with Crippen molar-refractivity contribution in [1.82, 2.24) is 25.0 Å². The van der Waals surface area contributed by atoms with Crippen LogP contribution in [0.3, 0.4) is 0 Å². The highest BCUT2D eigenvalue weighted by Gasteiger charge is 2.21. The normalized spacial score (nSPS) is 18.0. The Hall–Kier alpha value is -2.25. The molecule has 2 aromatic rings. The predicted octanol–water partition coefficient (Wildman–Crippen LogP) is 2.10. The maximum absolute atomic E-state index is 12.4. The third kappa shape index (κ3) is 4.73. The van der Waals surface area contributed by atoms with Gasteiger partial charge in [-0.3, -0.25) is 9.69 Å². The molecule has 27 heavy (non-hydrogen) atoms. The lowest BCUT2D eigenvalue weighted by molar-refractivity contribution is 0.0849. The second-order valence-corrected chi connectivity index (χ2v) is 7.32. The van der Waals surface area contributed by atoms with Gasteiger partial charge >= 0.3 is 0 Å². The number of benzene rings is 1. The lowest BCUT2D eigenvalue weighted by Gasteiger charge is -2.34. The molecule has 1 aliphatic rings. The lowest BCUT2D eigenvalue weighted by Crippen LogP contribution is -2.45. The first kappa shape index (κ1) is 19.5. The van der Waals surface area contributed by atoms with Crippen LogP contribution in [0.15, 0.2) is 30.6 Å². The van der Waals surface area contributed by atoms with Crippen LogP contribution < -0.4 is 5.32 Å². The summed E-state index contributed by atoms with van der Waals surface area (Å²) in [6, 6.07) is 7.91. The number of carbonyl (C=O) groups is 1. The van der Waals surface area contributed by atoms with Crippen LogP contribution in [0.2, 0.25) is 0 Å². The van der Waals surface area contributed by atoms with Crippen LogP contribution in [0, 0.1) is 0 Å². The van der Waals surface area contributed by atoms with E-state index >= 15 is 0 Å². The largest absolute Gasteiger partial charge is 0.395 e. The van der Waals surface area contributed by atoms with Crippen LogP contribution in [0.5, 0.6) is 0 Å². The van der Waals surface area contributed by atoms with E-state index in [9.17, 15) is 9.90 Å². The molecule has 0 aliphatic carbocycles. The highest BCUT2D eigenvalue weighted by Crippen LogP contribution is 2.20. The van der Waals surface area contributed by atoms with E-state index in [1.54, 1.807) is 6.33 Å². The predicted molar refractivity (Wildman–Crippen MR) is 104 cm³/mol. The number of carbonyl (C=O) groups excluding carboxylic acids is 1. The van der Waals surface area contributed by atoms with Crippen molar-refractivity contribution in [2.75, 3.05) is 26.2 Å². The molecule has 0 bridgehead atoms. The van der Waals surface area contributed by atoms with E-state index < -0.39 is 0 Å². The Morgan fingerprint density at radius 2 is 2.07 bits per heavy atom. The molecular weight excluding hydrogens is 342 g/mol. The lowest BCUT2D eigenvalue weighted by atomic mass is 10.0. The molecule has 7 heteroatoms. The molecule has 1 aromatic heterocycles. The number of likely N-dealkylation sites (tertiary alicyclic amines) is 1. The molecule has 1 saturated heterocycles. The highest BCUT2D eigenvalue weighted by molar-refractivity contribution is 5.94. The van der Waals surface area contributed by atoms with E-state index in [0.717, 1.165) is 37.3 Å². The quantitative estimate of drug-likeness (QED) is 0.779. The second kappa shape index (κ2) is 9.10. The Bertz CT molecular complexity index is 741. The molecule has 146 valence electrons. The van der Waals surface area contributed by atoms with Gasteiger partial charge in [0.05, 0.1) is 6.61 Å². The van der Waals surface area contributed by atoms with Crippen LogP contribution in [0.25, 0.3) is 11.4 Å². The zero-order valence-corrected chi connectivity index (χ0v) is 16.1. The highest BCUT2D eigenvalue weighted by atomic mass is 16.3. The molecule has 1 amide bonds. The molecule has 0 spiro atoms. The van der Waals surface area contributed by atoms with E-state index in [-0.39, 0.29) is 24.6 Å². The number of nitrogens with zero attached hydrogens (tertiary/aromatic N) is 4. The number of hydrogen-bond acceptors (Lipinski definition) is 5.